The third-order valence-electron chi connectivity index (χ3n) is 3.48. The highest BCUT2D eigenvalue weighted by Gasteiger charge is 2.09. The molecule has 2 aromatic rings. The highest BCUT2D eigenvalue weighted by molar-refractivity contribution is 5.85. The van der Waals surface area contributed by atoms with Crippen LogP contribution in [-0.2, 0) is 16.0 Å². The highest BCUT2D eigenvalue weighted by Crippen LogP contribution is 2.25. The summed E-state index contributed by atoms with van der Waals surface area (Å²) >= 11 is 0. The number of unbranched alkanes of at least 4 members (excludes halogenated alkanes) is 2. The van der Waals surface area contributed by atoms with Gasteiger partial charge in [-0.05, 0) is 38.3 Å². The first-order valence-electron chi connectivity index (χ1n) is 7.44. The minimum atomic E-state index is -0.123. The summed E-state index contributed by atoms with van der Waals surface area (Å²) < 4.78 is 4.89. The lowest BCUT2D eigenvalue weighted by Gasteiger charge is -2.01. The number of aromatic hydroxyl groups is 1. The van der Waals surface area contributed by atoms with Gasteiger partial charge < -0.3 is 14.8 Å². The summed E-state index contributed by atoms with van der Waals surface area (Å²) in [6.07, 6.45) is 4.05. The number of carbonyl (C=O) groups excluding carboxylic acids is 1. The number of phenolic OH excluding ortho intramolecular Hbond substituents is 1. The van der Waals surface area contributed by atoms with Gasteiger partial charge in [-0.1, -0.05) is 12.5 Å². The van der Waals surface area contributed by atoms with Crippen LogP contribution in [0.15, 0.2) is 12.1 Å². The number of hydrogen-bond donors (Lipinski definition) is 2. The zero-order valence-electron chi connectivity index (χ0n) is 13.0. The summed E-state index contributed by atoms with van der Waals surface area (Å²) in [5.41, 5.74) is 2.61. The quantitative estimate of drug-likeness (QED) is 0.601. The van der Waals surface area contributed by atoms with Crippen molar-refractivity contribution in [3.05, 3.63) is 23.5 Å². The third-order valence-corrected chi connectivity index (χ3v) is 3.48. The van der Waals surface area contributed by atoms with Gasteiger partial charge in [-0.25, -0.2) is 4.98 Å². The first-order chi connectivity index (χ1) is 10.1. The lowest BCUT2D eigenvalue weighted by Crippen LogP contribution is -2.03. The predicted molar refractivity (Wildman–Crippen MR) is 88.5 cm³/mol. The maximum Gasteiger partial charge on any atom is 0.305 e. The molecule has 0 saturated heterocycles. The number of aromatic amines is 1. The van der Waals surface area contributed by atoms with Gasteiger partial charge in [0.1, 0.15) is 17.1 Å². The van der Waals surface area contributed by atoms with Gasteiger partial charge in [0.05, 0.1) is 12.1 Å². The fraction of sp³-hybridized carbons (Fsp3) is 0.500. The molecule has 1 aromatic carbocycles. The molecule has 0 amide bonds. The first kappa shape index (κ1) is 18.3. The van der Waals surface area contributed by atoms with Gasteiger partial charge in [-0.15, -0.1) is 12.4 Å². The largest absolute Gasteiger partial charge is 0.506 e. The molecular weight excluding hydrogens is 304 g/mol. The van der Waals surface area contributed by atoms with Crippen LogP contribution >= 0.6 is 12.4 Å². The Hall–Kier alpha value is -1.75. The lowest BCUT2D eigenvalue weighted by atomic mass is 10.1. The van der Waals surface area contributed by atoms with Gasteiger partial charge in [0.25, 0.3) is 0 Å². The number of phenols is 1. The molecule has 0 saturated carbocycles. The molecule has 1 heterocycles. The fourth-order valence-electron chi connectivity index (χ4n) is 2.35. The Kier molecular flexibility index (Phi) is 7.18. The Balaban J connectivity index is 0.00000242. The fourth-order valence-corrected chi connectivity index (χ4v) is 2.35. The number of benzene rings is 1. The first-order valence-corrected chi connectivity index (χ1v) is 7.44. The lowest BCUT2D eigenvalue weighted by molar-refractivity contribution is -0.143. The summed E-state index contributed by atoms with van der Waals surface area (Å²) in [6.45, 7) is 4.25. The van der Waals surface area contributed by atoms with E-state index in [1.54, 1.807) is 6.07 Å². The number of halogens is 1. The topological polar surface area (TPSA) is 75.2 Å². The van der Waals surface area contributed by atoms with E-state index in [0.717, 1.165) is 42.6 Å². The van der Waals surface area contributed by atoms with Crippen LogP contribution in [0.4, 0.5) is 0 Å². The van der Waals surface area contributed by atoms with E-state index < -0.39 is 0 Å². The van der Waals surface area contributed by atoms with E-state index in [4.69, 9.17) is 4.74 Å². The SMILES string of the molecule is CCOC(=O)CCCCCc1nc2c(O)ccc(C)c2[nH]1.Cl. The van der Waals surface area contributed by atoms with E-state index in [-0.39, 0.29) is 24.1 Å². The number of nitrogens with one attached hydrogen (secondary N) is 1. The molecule has 22 heavy (non-hydrogen) atoms. The van der Waals surface area contributed by atoms with Crippen LogP contribution in [0.25, 0.3) is 11.0 Å². The maximum absolute atomic E-state index is 11.2. The summed E-state index contributed by atoms with van der Waals surface area (Å²) in [7, 11) is 0. The van der Waals surface area contributed by atoms with Crippen molar-refractivity contribution in [1.82, 2.24) is 9.97 Å². The van der Waals surface area contributed by atoms with Crippen LogP contribution in [0, 0.1) is 6.92 Å². The van der Waals surface area contributed by atoms with E-state index in [2.05, 4.69) is 9.97 Å². The van der Waals surface area contributed by atoms with Gasteiger partial charge in [-0.3, -0.25) is 4.79 Å². The third kappa shape index (κ3) is 4.63. The second-order valence-corrected chi connectivity index (χ2v) is 5.17. The van der Waals surface area contributed by atoms with Crippen molar-refractivity contribution in [3.63, 3.8) is 0 Å². The second-order valence-electron chi connectivity index (χ2n) is 5.17. The molecule has 0 aliphatic rings. The summed E-state index contributed by atoms with van der Waals surface area (Å²) in [6, 6.07) is 3.54. The van der Waals surface area contributed by atoms with Crippen LogP contribution in [0.5, 0.6) is 5.75 Å². The van der Waals surface area contributed by atoms with Crippen molar-refractivity contribution in [1.29, 1.82) is 0 Å². The Morgan fingerprint density at radius 1 is 1.32 bits per heavy atom. The van der Waals surface area contributed by atoms with E-state index in [9.17, 15) is 9.90 Å². The molecule has 2 rings (SSSR count). The van der Waals surface area contributed by atoms with Gasteiger partial charge in [-0.2, -0.15) is 0 Å². The molecule has 0 aliphatic carbocycles. The molecule has 0 spiro atoms. The van der Waals surface area contributed by atoms with Crippen molar-refractivity contribution < 1.29 is 14.6 Å². The van der Waals surface area contributed by atoms with Gasteiger partial charge in [0.15, 0.2) is 0 Å². The number of esters is 1. The number of hydrogen-bond acceptors (Lipinski definition) is 4. The van der Waals surface area contributed by atoms with Gasteiger partial charge in [0, 0.05) is 12.8 Å². The van der Waals surface area contributed by atoms with Gasteiger partial charge in [0.2, 0.25) is 0 Å². The molecule has 0 bridgehead atoms. The normalized spacial score (nSPS) is 10.5. The standard InChI is InChI=1S/C16H22N2O3.ClH/c1-3-21-14(20)8-6-4-5-7-13-17-15-11(2)9-10-12(19)16(15)18-13;/h9-10,19H,3-8H2,1-2H3,(H,17,18);1H. The monoisotopic (exact) mass is 326 g/mol. The van der Waals surface area contributed by atoms with Crippen LogP contribution in [0.1, 0.15) is 44.0 Å². The molecule has 0 unspecified atom stereocenters. The van der Waals surface area contributed by atoms with Crippen molar-refractivity contribution in [2.24, 2.45) is 0 Å². The zero-order valence-corrected chi connectivity index (χ0v) is 13.8. The van der Waals surface area contributed by atoms with E-state index >= 15 is 0 Å². The summed E-state index contributed by atoms with van der Waals surface area (Å²) in [5.74, 6) is 0.966. The maximum atomic E-state index is 11.2. The minimum absolute atomic E-state index is 0. The van der Waals surface area contributed by atoms with E-state index in [1.165, 1.54) is 0 Å². The number of H-pyrrole nitrogens is 1. The Morgan fingerprint density at radius 2 is 2.09 bits per heavy atom. The molecule has 0 radical (unpaired) electrons. The van der Waals surface area contributed by atoms with Crippen LogP contribution in [0.2, 0.25) is 0 Å². The number of aromatic nitrogens is 2. The van der Waals surface area contributed by atoms with Crippen molar-refractivity contribution in [3.8, 4) is 5.75 Å². The molecule has 122 valence electrons. The number of nitrogens with zero attached hydrogens (tertiary/aromatic N) is 1. The molecule has 1 aromatic heterocycles. The molecule has 0 aliphatic heterocycles. The molecular formula is C16H23ClN2O3. The predicted octanol–water partition coefficient (Wildman–Crippen LogP) is 3.66. The molecule has 6 heteroatoms. The van der Waals surface area contributed by atoms with Crippen molar-refractivity contribution in [2.75, 3.05) is 6.61 Å². The van der Waals surface area contributed by atoms with Crippen LogP contribution in [0.3, 0.4) is 0 Å². The number of carbonyl (C=O) groups is 1. The number of fused-ring (bicyclic) bond motifs is 1. The Morgan fingerprint density at radius 3 is 2.77 bits per heavy atom. The number of imidazole rings is 1. The zero-order chi connectivity index (χ0) is 15.2. The van der Waals surface area contributed by atoms with E-state index in [0.29, 0.717) is 18.5 Å². The molecule has 5 nitrogen and oxygen atoms in total. The average Bonchev–Trinajstić information content (AvgIpc) is 2.88. The summed E-state index contributed by atoms with van der Waals surface area (Å²) in [4.78, 5) is 18.9. The Labute approximate surface area is 136 Å². The summed E-state index contributed by atoms with van der Waals surface area (Å²) in [5, 5.41) is 9.80. The second kappa shape index (κ2) is 8.63. The molecule has 0 atom stereocenters. The van der Waals surface area contributed by atoms with Gasteiger partial charge >= 0.3 is 5.97 Å². The number of aryl methyl sites for hydroxylation is 2. The average molecular weight is 327 g/mol. The van der Waals surface area contributed by atoms with E-state index in [1.807, 2.05) is 19.9 Å². The van der Waals surface area contributed by atoms with Crippen LogP contribution in [-0.4, -0.2) is 27.7 Å². The highest BCUT2D eigenvalue weighted by atomic mass is 35.5. The minimum Gasteiger partial charge on any atom is -0.506 e. The number of rotatable bonds is 7. The molecule has 2 N–H and O–H groups in total. The Bertz CT molecular complexity index is 586. The van der Waals surface area contributed by atoms with Crippen LogP contribution < -0.4 is 0 Å². The van der Waals surface area contributed by atoms with Crippen molar-refractivity contribution >= 4 is 29.4 Å². The number of ether oxygens (including phenoxy) is 1. The van der Waals surface area contributed by atoms with Crippen molar-refractivity contribution in [2.45, 2.75) is 46.0 Å². The smallest absolute Gasteiger partial charge is 0.305 e. The molecule has 0 fully saturated rings.